The van der Waals surface area contributed by atoms with Crippen LogP contribution in [0.3, 0.4) is 0 Å². The molecule has 0 aliphatic rings. The van der Waals surface area contributed by atoms with Gasteiger partial charge in [-0.1, -0.05) is 27.2 Å². The Hall–Kier alpha value is -0.370. The van der Waals surface area contributed by atoms with E-state index in [-0.39, 0.29) is 5.92 Å². The number of hydrogen-bond donors (Lipinski definition) is 1. The molecule has 0 radical (unpaired) electrons. The Bertz CT molecular complexity index is 123. The van der Waals surface area contributed by atoms with Crippen molar-refractivity contribution >= 4 is 6.29 Å². The van der Waals surface area contributed by atoms with Crippen molar-refractivity contribution in [3.8, 4) is 0 Å². The van der Waals surface area contributed by atoms with E-state index in [0.29, 0.717) is 5.92 Å². The summed E-state index contributed by atoms with van der Waals surface area (Å²) in [7, 11) is 0. The van der Waals surface area contributed by atoms with E-state index in [1.54, 1.807) is 6.92 Å². The van der Waals surface area contributed by atoms with E-state index in [4.69, 9.17) is 0 Å². The highest BCUT2D eigenvalue weighted by molar-refractivity contribution is 5.53. The first kappa shape index (κ1) is 11.6. The molecule has 0 saturated heterocycles. The third-order valence-corrected chi connectivity index (χ3v) is 2.47. The summed E-state index contributed by atoms with van der Waals surface area (Å²) >= 11 is 0. The molecule has 0 aliphatic carbocycles. The second-order valence-electron chi connectivity index (χ2n) is 3.65. The minimum Gasteiger partial charge on any atom is -0.392 e. The van der Waals surface area contributed by atoms with Gasteiger partial charge in [-0.15, -0.1) is 0 Å². The van der Waals surface area contributed by atoms with Gasteiger partial charge < -0.3 is 9.90 Å². The van der Waals surface area contributed by atoms with Crippen LogP contribution in [0.15, 0.2) is 0 Å². The molecule has 0 rings (SSSR count). The Labute approximate surface area is 75.0 Å². The highest BCUT2D eigenvalue weighted by Crippen LogP contribution is 2.14. The summed E-state index contributed by atoms with van der Waals surface area (Å²) in [5.41, 5.74) is 0. The van der Waals surface area contributed by atoms with Crippen LogP contribution in [0.1, 0.15) is 40.0 Å². The van der Waals surface area contributed by atoms with Crippen molar-refractivity contribution in [3.63, 3.8) is 0 Å². The number of carbonyl (C=O) groups is 1. The SMILES string of the molecule is CCC(C)CCC(O)C(C)C=O. The van der Waals surface area contributed by atoms with E-state index >= 15 is 0 Å². The fourth-order valence-electron chi connectivity index (χ4n) is 1.01. The third kappa shape index (κ3) is 4.50. The molecular formula is C10H20O2. The smallest absolute Gasteiger partial charge is 0.125 e. The predicted molar refractivity (Wildman–Crippen MR) is 49.9 cm³/mol. The molecule has 0 aromatic rings. The van der Waals surface area contributed by atoms with E-state index in [9.17, 15) is 9.90 Å². The molecule has 2 nitrogen and oxygen atoms in total. The van der Waals surface area contributed by atoms with Crippen LogP contribution in [0.5, 0.6) is 0 Å². The fourth-order valence-corrected chi connectivity index (χ4v) is 1.01. The fraction of sp³-hybridized carbons (Fsp3) is 0.900. The first-order chi connectivity index (χ1) is 5.61. The molecule has 0 heterocycles. The molecule has 0 spiro atoms. The molecule has 1 N–H and O–H groups in total. The minimum absolute atomic E-state index is 0.214. The molecule has 0 bridgehead atoms. The van der Waals surface area contributed by atoms with Gasteiger partial charge in [-0.05, 0) is 18.8 Å². The average Bonchev–Trinajstić information content (AvgIpc) is 2.11. The largest absolute Gasteiger partial charge is 0.392 e. The van der Waals surface area contributed by atoms with Gasteiger partial charge in [0.2, 0.25) is 0 Å². The van der Waals surface area contributed by atoms with Gasteiger partial charge in [-0.3, -0.25) is 0 Å². The van der Waals surface area contributed by atoms with Crippen molar-refractivity contribution in [2.45, 2.75) is 46.1 Å². The van der Waals surface area contributed by atoms with Crippen molar-refractivity contribution in [2.75, 3.05) is 0 Å². The quantitative estimate of drug-likeness (QED) is 0.622. The summed E-state index contributed by atoms with van der Waals surface area (Å²) in [4.78, 5) is 10.3. The van der Waals surface area contributed by atoms with Crippen LogP contribution in [0.4, 0.5) is 0 Å². The van der Waals surface area contributed by atoms with Crippen LogP contribution < -0.4 is 0 Å². The van der Waals surface area contributed by atoms with E-state index in [1.807, 2.05) is 0 Å². The van der Waals surface area contributed by atoms with Crippen LogP contribution in [0.25, 0.3) is 0 Å². The van der Waals surface area contributed by atoms with E-state index in [2.05, 4.69) is 13.8 Å². The molecule has 0 aromatic heterocycles. The van der Waals surface area contributed by atoms with Crippen molar-refractivity contribution in [2.24, 2.45) is 11.8 Å². The van der Waals surface area contributed by atoms with Crippen molar-refractivity contribution in [1.82, 2.24) is 0 Å². The summed E-state index contributed by atoms with van der Waals surface area (Å²) in [5.74, 6) is 0.438. The number of carbonyl (C=O) groups excluding carboxylic acids is 1. The normalized spacial score (nSPS) is 18.3. The maximum absolute atomic E-state index is 10.3. The summed E-state index contributed by atoms with van der Waals surface area (Å²) < 4.78 is 0. The van der Waals surface area contributed by atoms with Gasteiger partial charge in [0.15, 0.2) is 0 Å². The van der Waals surface area contributed by atoms with Crippen LogP contribution in [0.2, 0.25) is 0 Å². The van der Waals surface area contributed by atoms with Crippen LogP contribution in [-0.2, 0) is 4.79 Å². The van der Waals surface area contributed by atoms with Crippen molar-refractivity contribution in [1.29, 1.82) is 0 Å². The first-order valence-electron chi connectivity index (χ1n) is 4.75. The number of aldehydes is 1. The molecule has 3 atom stereocenters. The molecule has 0 saturated carbocycles. The Morgan fingerprint density at radius 3 is 2.33 bits per heavy atom. The van der Waals surface area contributed by atoms with Gasteiger partial charge in [0.25, 0.3) is 0 Å². The lowest BCUT2D eigenvalue weighted by Crippen LogP contribution is -2.19. The Kier molecular flexibility index (Phi) is 5.99. The Balaban J connectivity index is 3.55. The number of rotatable bonds is 6. The van der Waals surface area contributed by atoms with Gasteiger partial charge in [0, 0.05) is 5.92 Å². The Morgan fingerprint density at radius 1 is 1.33 bits per heavy atom. The third-order valence-electron chi connectivity index (χ3n) is 2.47. The second-order valence-corrected chi connectivity index (χ2v) is 3.65. The van der Waals surface area contributed by atoms with Crippen molar-refractivity contribution in [3.05, 3.63) is 0 Å². The standard InChI is InChI=1S/C10H20O2/c1-4-8(2)5-6-10(12)9(3)7-11/h7-10,12H,4-6H2,1-3H3. The van der Waals surface area contributed by atoms with Gasteiger partial charge in [-0.2, -0.15) is 0 Å². The second kappa shape index (κ2) is 6.18. The topological polar surface area (TPSA) is 37.3 Å². The number of hydrogen-bond acceptors (Lipinski definition) is 2. The zero-order valence-electron chi connectivity index (χ0n) is 8.29. The van der Waals surface area contributed by atoms with E-state index in [0.717, 1.165) is 25.5 Å². The molecule has 3 unspecified atom stereocenters. The zero-order valence-corrected chi connectivity index (χ0v) is 8.29. The lowest BCUT2D eigenvalue weighted by molar-refractivity contribution is -0.113. The van der Waals surface area contributed by atoms with Gasteiger partial charge >= 0.3 is 0 Å². The monoisotopic (exact) mass is 172 g/mol. The summed E-state index contributed by atoms with van der Waals surface area (Å²) in [6, 6.07) is 0. The molecule has 0 aliphatic heterocycles. The maximum atomic E-state index is 10.3. The molecule has 2 heteroatoms. The zero-order chi connectivity index (χ0) is 9.56. The molecular weight excluding hydrogens is 152 g/mol. The maximum Gasteiger partial charge on any atom is 0.125 e. The lowest BCUT2D eigenvalue weighted by Gasteiger charge is -2.15. The summed E-state index contributed by atoms with van der Waals surface area (Å²) in [5, 5.41) is 9.43. The molecule has 72 valence electrons. The van der Waals surface area contributed by atoms with E-state index in [1.165, 1.54) is 0 Å². The van der Waals surface area contributed by atoms with Gasteiger partial charge in [0.1, 0.15) is 6.29 Å². The lowest BCUT2D eigenvalue weighted by atomic mass is 9.95. The number of aliphatic hydroxyl groups excluding tert-OH is 1. The Morgan fingerprint density at radius 2 is 1.92 bits per heavy atom. The van der Waals surface area contributed by atoms with E-state index < -0.39 is 6.10 Å². The molecule has 0 fully saturated rings. The van der Waals surface area contributed by atoms with Gasteiger partial charge in [-0.25, -0.2) is 0 Å². The predicted octanol–water partition coefficient (Wildman–Crippen LogP) is 2.01. The molecule has 0 amide bonds. The molecule has 0 aromatic carbocycles. The first-order valence-corrected chi connectivity index (χ1v) is 4.75. The van der Waals surface area contributed by atoms with Crippen LogP contribution in [0, 0.1) is 11.8 Å². The molecule has 12 heavy (non-hydrogen) atoms. The highest BCUT2D eigenvalue weighted by Gasteiger charge is 2.13. The van der Waals surface area contributed by atoms with Crippen LogP contribution >= 0.6 is 0 Å². The number of aliphatic hydroxyl groups is 1. The van der Waals surface area contributed by atoms with Crippen molar-refractivity contribution < 1.29 is 9.90 Å². The summed E-state index contributed by atoms with van der Waals surface area (Å²) in [6.07, 6.45) is 3.27. The minimum atomic E-state index is -0.448. The summed E-state index contributed by atoms with van der Waals surface area (Å²) in [6.45, 7) is 6.06. The average molecular weight is 172 g/mol. The van der Waals surface area contributed by atoms with Gasteiger partial charge in [0.05, 0.1) is 6.10 Å². The highest BCUT2D eigenvalue weighted by atomic mass is 16.3. The van der Waals surface area contributed by atoms with Crippen LogP contribution in [-0.4, -0.2) is 17.5 Å².